The van der Waals surface area contributed by atoms with Crippen LogP contribution in [0.3, 0.4) is 0 Å². The fraction of sp³-hybridized carbons (Fsp3) is 0.875. The molecule has 4 atom stereocenters. The summed E-state index contributed by atoms with van der Waals surface area (Å²) in [7, 11) is 0. The molecule has 0 aromatic rings. The van der Waals surface area contributed by atoms with E-state index in [1.165, 1.54) is 6.42 Å². The number of rotatable bonds is 1. The molecule has 2 saturated carbocycles. The molecular weight excluding hydrogens is 224 g/mol. The monoisotopic (exact) mass is 250 g/mol. The van der Waals surface area contributed by atoms with Gasteiger partial charge in [0.25, 0.3) is 0 Å². The maximum atomic E-state index is 12.9. The first-order chi connectivity index (χ1) is 8.21. The SMILES string of the molecule is CC(=O)C1(C)C(=O)C2C(CCCC2(C)C)CC1C. The molecule has 4 unspecified atom stereocenters. The van der Waals surface area contributed by atoms with E-state index in [1.54, 1.807) is 6.92 Å². The first kappa shape index (κ1) is 13.8. The maximum Gasteiger partial charge on any atom is 0.150 e. The lowest BCUT2D eigenvalue weighted by Gasteiger charge is -2.52. The summed E-state index contributed by atoms with van der Waals surface area (Å²) in [5.41, 5.74) is -0.674. The minimum Gasteiger partial charge on any atom is -0.299 e. The van der Waals surface area contributed by atoms with E-state index in [4.69, 9.17) is 0 Å². The minimum atomic E-state index is -0.740. The molecule has 0 aliphatic heterocycles. The van der Waals surface area contributed by atoms with Crippen LogP contribution in [-0.4, -0.2) is 11.6 Å². The van der Waals surface area contributed by atoms with Gasteiger partial charge in [0.2, 0.25) is 0 Å². The van der Waals surface area contributed by atoms with Crippen LogP contribution in [0.4, 0.5) is 0 Å². The molecule has 0 heterocycles. The number of hydrogen-bond acceptors (Lipinski definition) is 2. The summed E-state index contributed by atoms with van der Waals surface area (Å²) in [5.74, 6) is 1.07. The molecule has 0 spiro atoms. The third kappa shape index (κ3) is 1.76. The van der Waals surface area contributed by atoms with Crippen molar-refractivity contribution in [1.29, 1.82) is 0 Å². The van der Waals surface area contributed by atoms with Crippen LogP contribution in [0, 0.1) is 28.6 Å². The van der Waals surface area contributed by atoms with E-state index in [9.17, 15) is 9.59 Å². The van der Waals surface area contributed by atoms with E-state index in [0.717, 1.165) is 19.3 Å². The lowest BCUT2D eigenvalue weighted by atomic mass is 9.50. The van der Waals surface area contributed by atoms with Crippen LogP contribution >= 0.6 is 0 Å². The second-order valence-corrected chi connectivity index (χ2v) is 7.38. The summed E-state index contributed by atoms with van der Waals surface area (Å²) in [5, 5.41) is 0. The third-order valence-corrected chi connectivity index (χ3v) is 5.88. The van der Waals surface area contributed by atoms with Crippen LogP contribution < -0.4 is 0 Å². The molecule has 0 radical (unpaired) electrons. The van der Waals surface area contributed by atoms with Gasteiger partial charge in [-0.1, -0.05) is 27.2 Å². The van der Waals surface area contributed by atoms with E-state index in [2.05, 4.69) is 20.8 Å². The van der Waals surface area contributed by atoms with Crippen molar-refractivity contribution in [3.05, 3.63) is 0 Å². The summed E-state index contributed by atoms with van der Waals surface area (Å²) in [6.07, 6.45) is 4.54. The normalized spacial score (nSPS) is 43.4. The van der Waals surface area contributed by atoms with Gasteiger partial charge in [0.05, 0.1) is 5.41 Å². The molecule has 0 aromatic carbocycles. The second-order valence-electron chi connectivity index (χ2n) is 7.38. The van der Waals surface area contributed by atoms with Crippen LogP contribution in [-0.2, 0) is 9.59 Å². The molecule has 0 amide bonds. The number of fused-ring (bicyclic) bond motifs is 1. The molecule has 2 rings (SSSR count). The van der Waals surface area contributed by atoms with E-state index in [0.29, 0.717) is 5.92 Å². The van der Waals surface area contributed by atoms with E-state index in [-0.39, 0.29) is 28.8 Å². The highest BCUT2D eigenvalue weighted by Gasteiger charge is 2.57. The van der Waals surface area contributed by atoms with E-state index < -0.39 is 5.41 Å². The van der Waals surface area contributed by atoms with Gasteiger partial charge in [-0.15, -0.1) is 0 Å². The van der Waals surface area contributed by atoms with Crippen molar-refractivity contribution in [2.45, 2.75) is 60.3 Å². The third-order valence-electron chi connectivity index (χ3n) is 5.88. The number of carbonyl (C=O) groups is 2. The summed E-state index contributed by atoms with van der Waals surface area (Å²) >= 11 is 0. The smallest absolute Gasteiger partial charge is 0.150 e. The topological polar surface area (TPSA) is 34.1 Å². The number of hydrogen-bond donors (Lipinski definition) is 0. The molecule has 0 bridgehead atoms. The van der Waals surface area contributed by atoms with Crippen LogP contribution in [0.2, 0.25) is 0 Å². The highest BCUT2D eigenvalue weighted by atomic mass is 16.2. The standard InChI is InChI=1S/C16H26O2/c1-10-9-12-7-6-8-15(3,4)13(12)14(18)16(10,5)11(2)17/h10,12-13H,6-9H2,1-5H3. The highest BCUT2D eigenvalue weighted by Crippen LogP contribution is 2.55. The Labute approximate surface area is 111 Å². The van der Waals surface area contributed by atoms with Gasteiger partial charge in [0, 0.05) is 5.92 Å². The van der Waals surface area contributed by atoms with Crippen molar-refractivity contribution in [2.75, 3.05) is 0 Å². The Morgan fingerprint density at radius 3 is 2.44 bits per heavy atom. The van der Waals surface area contributed by atoms with Gasteiger partial charge in [-0.05, 0) is 50.4 Å². The summed E-state index contributed by atoms with van der Waals surface area (Å²) in [6, 6.07) is 0. The molecule has 0 saturated heterocycles. The molecule has 2 nitrogen and oxygen atoms in total. The summed E-state index contributed by atoms with van der Waals surface area (Å²) in [6.45, 7) is 9.96. The van der Waals surface area contributed by atoms with Crippen molar-refractivity contribution in [1.82, 2.24) is 0 Å². The van der Waals surface area contributed by atoms with Crippen molar-refractivity contribution in [3.63, 3.8) is 0 Å². The second kappa shape index (κ2) is 4.18. The Kier molecular flexibility index (Phi) is 3.19. The van der Waals surface area contributed by atoms with Gasteiger partial charge in [-0.2, -0.15) is 0 Å². The lowest BCUT2D eigenvalue weighted by molar-refractivity contribution is -0.157. The van der Waals surface area contributed by atoms with Crippen molar-refractivity contribution in [2.24, 2.45) is 28.6 Å². The Balaban J connectivity index is 2.42. The highest BCUT2D eigenvalue weighted by molar-refractivity contribution is 6.07. The van der Waals surface area contributed by atoms with E-state index in [1.807, 2.05) is 6.92 Å². The maximum absolute atomic E-state index is 12.9. The molecule has 18 heavy (non-hydrogen) atoms. The zero-order chi connectivity index (χ0) is 13.7. The van der Waals surface area contributed by atoms with Crippen LogP contribution in [0.1, 0.15) is 60.3 Å². The number of ketones is 2. The first-order valence-electron chi connectivity index (χ1n) is 7.26. The lowest BCUT2D eigenvalue weighted by Crippen LogP contribution is -2.56. The van der Waals surface area contributed by atoms with Crippen LogP contribution in [0.25, 0.3) is 0 Å². The van der Waals surface area contributed by atoms with Crippen LogP contribution in [0.5, 0.6) is 0 Å². The number of Topliss-reactive ketones (excluding diaryl/α,β-unsaturated/α-hetero) is 2. The van der Waals surface area contributed by atoms with Gasteiger partial charge >= 0.3 is 0 Å². The molecule has 2 aliphatic rings. The van der Waals surface area contributed by atoms with Gasteiger partial charge in [0.15, 0.2) is 0 Å². The quantitative estimate of drug-likeness (QED) is 0.666. The fourth-order valence-electron chi connectivity index (χ4n) is 4.38. The fourth-order valence-corrected chi connectivity index (χ4v) is 4.38. The van der Waals surface area contributed by atoms with E-state index >= 15 is 0 Å². The predicted molar refractivity (Wildman–Crippen MR) is 72.2 cm³/mol. The molecule has 2 aliphatic carbocycles. The zero-order valence-electron chi connectivity index (χ0n) is 12.4. The van der Waals surface area contributed by atoms with Crippen molar-refractivity contribution >= 4 is 11.6 Å². The molecule has 2 fully saturated rings. The van der Waals surface area contributed by atoms with Gasteiger partial charge in [-0.3, -0.25) is 9.59 Å². The van der Waals surface area contributed by atoms with Gasteiger partial charge in [0.1, 0.15) is 11.6 Å². The molecular formula is C16H26O2. The molecule has 2 heteroatoms. The minimum absolute atomic E-state index is 0.0554. The summed E-state index contributed by atoms with van der Waals surface area (Å²) in [4.78, 5) is 24.9. The van der Waals surface area contributed by atoms with Gasteiger partial charge in [-0.25, -0.2) is 0 Å². The average molecular weight is 250 g/mol. The Hall–Kier alpha value is -0.660. The molecule has 0 aromatic heterocycles. The Morgan fingerprint density at radius 2 is 1.89 bits per heavy atom. The average Bonchev–Trinajstić information content (AvgIpc) is 2.24. The first-order valence-corrected chi connectivity index (χ1v) is 7.26. The zero-order valence-corrected chi connectivity index (χ0v) is 12.4. The predicted octanol–water partition coefficient (Wildman–Crippen LogP) is 3.63. The molecule has 0 N–H and O–H groups in total. The molecule has 102 valence electrons. The Bertz CT molecular complexity index is 383. The van der Waals surface area contributed by atoms with Crippen molar-refractivity contribution < 1.29 is 9.59 Å². The Morgan fingerprint density at radius 1 is 1.28 bits per heavy atom. The number of carbonyl (C=O) groups excluding carboxylic acids is 2. The van der Waals surface area contributed by atoms with Crippen LogP contribution in [0.15, 0.2) is 0 Å². The summed E-state index contributed by atoms with van der Waals surface area (Å²) < 4.78 is 0. The largest absolute Gasteiger partial charge is 0.299 e. The van der Waals surface area contributed by atoms with Gasteiger partial charge < -0.3 is 0 Å². The van der Waals surface area contributed by atoms with Crippen molar-refractivity contribution in [3.8, 4) is 0 Å².